The van der Waals surface area contributed by atoms with Crippen LogP contribution in [0.1, 0.15) is 27.7 Å². The zero-order valence-electron chi connectivity index (χ0n) is 16.3. The van der Waals surface area contributed by atoms with Crippen molar-refractivity contribution in [3.63, 3.8) is 0 Å². The van der Waals surface area contributed by atoms with Gasteiger partial charge in [-0.05, 0) is 48.0 Å². The lowest BCUT2D eigenvalue weighted by Gasteiger charge is -2.25. The number of fused-ring (bicyclic) bond motifs is 2. The van der Waals surface area contributed by atoms with Crippen LogP contribution in [0, 0.1) is 5.82 Å². The van der Waals surface area contributed by atoms with Crippen LogP contribution in [0.25, 0.3) is 11.0 Å². The molecule has 31 heavy (non-hydrogen) atoms. The lowest BCUT2D eigenvalue weighted by Crippen LogP contribution is -2.29. The average molecular weight is 480 g/mol. The highest BCUT2D eigenvalue weighted by Crippen LogP contribution is 2.42. The van der Waals surface area contributed by atoms with E-state index in [4.69, 9.17) is 9.15 Å². The molecule has 1 aliphatic rings. The van der Waals surface area contributed by atoms with Crippen molar-refractivity contribution in [1.29, 1.82) is 0 Å². The molecule has 5 nitrogen and oxygen atoms in total. The molecule has 0 N–H and O–H groups in total. The Balaban J connectivity index is 1.81. The second-order valence-electron chi connectivity index (χ2n) is 7.15. The molecule has 0 radical (unpaired) electrons. The Morgan fingerprint density at radius 1 is 1.03 bits per heavy atom. The second kappa shape index (κ2) is 7.35. The fourth-order valence-electron chi connectivity index (χ4n) is 3.93. The van der Waals surface area contributed by atoms with E-state index in [1.165, 1.54) is 24.1 Å². The highest BCUT2D eigenvalue weighted by molar-refractivity contribution is 9.10. The zero-order valence-corrected chi connectivity index (χ0v) is 17.9. The quantitative estimate of drug-likeness (QED) is 0.391. The first-order valence-corrected chi connectivity index (χ1v) is 10.3. The first-order valence-electron chi connectivity index (χ1n) is 9.47. The Morgan fingerprint density at radius 3 is 2.55 bits per heavy atom. The molecule has 0 bridgehead atoms. The van der Waals surface area contributed by atoms with Gasteiger partial charge in [-0.2, -0.15) is 0 Å². The molecule has 1 unspecified atom stereocenters. The summed E-state index contributed by atoms with van der Waals surface area (Å²) >= 11 is 3.41. The molecule has 0 saturated heterocycles. The molecule has 1 atom stereocenters. The number of anilines is 1. The fourth-order valence-corrected chi connectivity index (χ4v) is 4.20. The number of hydrogen-bond acceptors (Lipinski definition) is 4. The van der Waals surface area contributed by atoms with Crippen molar-refractivity contribution in [2.75, 3.05) is 12.0 Å². The lowest BCUT2D eigenvalue weighted by molar-refractivity contribution is 0.0971. The monoisotopic (exact) mass is 479 g/mol. The normalized spacial score (nSPS) is 15.4. The fraction of sp³-hybridized carbons (Fsp3) is 0.0833. The molecule has 1 amide bonds. The van der Waals surface area contributed by atoms with Gasteiger partial charge in [0.15, 0.2) is 5.43 Å². The van der Waals surface area contributed by atoms with Gasteiger partial charge < -0.3 is 9.15 Å². The largest absolute Gasteiger partial charge is 0.497 e. The Kier molecular flexibility index (Phi) is 4.63. The van der Waals surface area contributed by atoms with Crippen LogP contribution in [0.5, 0.6) is 5.75 Å². The van der Waals surface area contributed by atoms with Gasteiger partial charge in [0.1, 0.15) is 17.1 Å². The summed E-state index contributed by atoms with van der Waals surface area (Å²) < 4.78 is 25.9. The summed E-state index contributed by atoms with van der Waals surface area (Å²) in [7, 11) is 1.54. The number of ether oxygens (including phenoxy) is 1. The van der Waals surface area contributed by atoms with Gasteiger partial charge in [0, 0.05) is 16.2 Å². The van der Waals surface area contributed by atoms with Crippen molar-refractivity contribution in [2.45, 2.75) is 6.04 Å². The van der Waals surface area contributed by atoms with Crippen LogP contribution < -0.4 is 15.1 Å². The molecule has 0 aliphatic carbocycles. The standard InChI is InChI=1S/C24H15BrFNO4/c1-30-17-4-2-3-16(12-17)27-21(13-5-7-14(25)8-6-13)20-22(28)18-11-15(26)9-10-19(18)31-23(20)24(27)29/h2-12,21H,1H3. The number of hydrogen-bond donors (Lipinski definition) is 0. The molecular formula is C24H15BrFNO4. The topological polar surface area (TPSA) is 59.8 Å². The smallest absolute Gasteiger partial charge is 0.295 e. The third-order valence-corrected chi connectivity index (χ3v) is 5.88. The van der Waals surface area contributed by atoms with E-state index in [0.29, 0.717) is 11.4 Å². The maximum atomic E-state index is 13.9. The number of nitrogens with zero attached hydrogens (tertiary/aromatic N) is 1. The van der Waals surface area contributed by atoms with E-state index in [1.54, 1.807) is 24.3 Å². The molecule has 3 aromatic carbocycles. The van der Waals surface area contributed by atoms with Crippen molar-refractivity contribution in [1.82, 2.24) is 0 Å². The minimum absolute atomic E-state index is 0.0418. The Bertz CT molecular complexity index is 1400. The van der Waals surface area contributed by atoms with Gasteiger partial charge in [0.05, 0.1) is 24.1 Å². The molecule has 2 heterocycles. The first-order chi connectivity index (χ1) is 15.0. The summed E-state index contributed by atoms with van der Waals surface area (Å²) in [6, 6.07) is 17.3. The van der Waals surface area contributed by atoms with E-state index in [9.17, 15) is 14.0 Å². The van der Waals surface area contributed by atoms with Crippen LogP contribution >= 0.6 is 15.9 Å². The van der Waals surface area contributed by atoms with Crippen molar-refractivity contribution in [3.8, 4) is 5.75 Å². The molecule has 5 rings (SSSR count). The van der Waals surface area contributed by atoms with E-state index in [-0.39, 0.29) is 22.3 Å². The molecule has 4 aromatic rings. The molecule has 1 aliphatic heterocycles. The zero-order chi connectivity index (χ0) is 21.7. The summed E-state index contributed by atoms with van der Waals surface area (Å²) in [6.45, 7) is 0. The Hall–Kier alpha value is -3.45. The van der Waals surface area contributed by atoms with Gasteiger partial charge in [-0.15, -0.1) is 0 Å². The van der Waals surface area contributed by atoms with Gasteiger partial charge in [-0.1, -0.05) is 34.1 Å². The van der Waals surface area contributed by atoms with E-state index in [1.807, 2.05) is 24.3 Å². The van der Waals surface area contributed by atoms with Crippen LogP contribution in [0.2, 0.25) is 0 Å². The van der Waals surface area contributed by atoms with E-state index in [2.05, 4.69) is 15.9 Å². The lowest BCUT2D eigenvalue weighted by atomic mass is 9.98. The molecule has 154 valence electrons. The highest BCUT2D eigenvalue weighted by atomic mass is 79.9. The van der Waals surface area contributed by atoms with Gasteiger partial charge in [-0.3, -0.25) is 14.5 Å². The third kappa shape index (κ3) is 3.13. The maximum absolute atomic E-state index is 13.9. The summed E-state index contributed by atoms with van der Waals surface area (Å²) in [5.41, 5.74) is 1.20. The number of methoxy groups -OCH3 is 1. The van der Waals surface area contributed by atoms with Crippen molar-refractivity contribution in [3.05, 3.63) is 104 Å². The van der Waals surface area contributed by atoms with Crippen LogP contribution in [0.15, 0.2) is 80.4 Å². The van der Waals surface area contributed by atoms with Gasteiger partial charge >= 0.3 is 0 Å². The number of benzene rings is 3. The van der Waals surface area contributed by atoms with Crippen LogP contribution in [0.3, 0.4) is 0 Å². The summed E-state index contributed by atoms with van der Waals surface area (Å²) in [5, 5.41) is 0.0983. The molecular weight excluding hydrogens is 465 g/mol. The highest BCUT2D eigenvalue weighted by Gasteiger charge is 2.43. The van der Waals surface area contributed by atoms with Crippen molar-refractivity contribution in [2.24, 2.45) is 0 Å². The number of halogens is 2. The Labute approximate surface area is 184 Å². The van der Waals surface area contributed by atoms with E-state index >= 15 is 0 Å². The molecule has 0 fully saturated rings. The SMILES string of the molecule is COc1cccc(N2C(=O)c3oc4ccc(F)cc4c(=O)c3C2c2ccc(Br)cc2)c1. The Morgan fingerprint density at radius 2 is 1.81 bits per heavy atom. The number of amides is 1. The number of rotatable bonds is 3. The number of carbonyl (C=O) groups excluding carboxylic acids is 1. The van der Waals surface area contributed by atoms with Gasteiger partial charge in [-0.25, -0.2) is 4.39 Å². The predicted octanol–water partition coefficient (Wildman–Crippen LogP) is 5.45. The summed E-state index contributed by atoms with van der Waals surface area (Å²) in [6.07, 6.45) is 0. The van der Waals surface area contributed by atoms with Crippen LogP contribution in [0.4, 0.5) is 10.1 Å². The van der Waals surface area contributed by atoms with Crippen molar-refractivity contribution < 1.29 is 18.3 Å². The third-order valence-electron chi connectivity index (χ3n) is 5.35. The van der Waals surface area contributed by atoms with Gasteiger partial charge in [0.2, 0.25) is 5.76 Å². The molecule has 0 saturated carbocycles. The van der Waals surface area contributed by atoms with Crippen molar-refractivity contribution >= 4 is 38.5 Å². The summed E-state index contributed by atoms with van der Waals surface area (Å²) in [5.74, 6) is -0.462. The summed E-state index contributed by atoms with van der Waals surface area (Å²) in [4.78, 5) is 28.4. The van der Waals surface area contributed by atoms with Crippen LogP contribution in [-0.2, 0) is 0 Å². The average Bonchev–Trinajstić information content (AvgIpc) is 3.07. The van der Waals surface area contributed by atoms with Crippen LogP contribution in [-0.4, -0.2) is 13.0 Å². The first kappa shape index (κ1) is 19.5. The molecule has 0 spiro atoms. The second-order valence-corrected chi connectivity index (χ2v) is 8.06. The van der Waals surface area contributed by atoms with Gasteiger partial charge in [0.25, 0.3) is 5.91 Å². The van der Waals surface area contributed by atoms with E-state index in [0.717, 1.165) is 16.1 Å². The minimum Gasteiger partial charge on any atom is -0.497 e. The maximum Gasteiger partial charge on any atom is 0.295 e. The number of carbonyl (C=O) groups is 1. The predicted molar refractivity (Wildman–Crippen MR) is 118 cm³/mol. The molecule has 7 heteroatoms. The molecule has 1 aromatic heterocycles. The minimum atomic E-state index is -0.730. The van der Waals surface area contributed by atoms with E-state index < -0.39 is 23.2 Å².